The molecule has 0 aromatic rings. The molecule has 0 aliphatic carbocycles. The molecule has 114 valence electrons. The van der Waals surface area contributed by atoms with E-state index in [2.05, 4.69) is 0 Å². The number of hydrogen-bond donors (Lipinski definition) is 1. The third-order valence-corrected chi connectivity index (χ3v) is 6.37. The zero-order valence-electron chi connectivity index (χ0n) is 12.2. The molecular weight excluding hydrogens is 360 g/mol. The van der Waals surface area contributed by atoms with Crippen LogP contribution in [0.1, 0.15) is 13.3 Å². The van der Waals surface area contributed by atoms with Crippen LogP contribution in [-0.2, 0) is 25.0 Å². The van der Waals surface area contributed by atoms with Crippen molar-refractivity contribution in [1.82, 2.24) is 4.90 Å². The molecule has 13 heteroatoms. The molecule has 0 spiro atoms. The number of hydrogen-bond acceptors (Lipinski definition) is 8. The van der Waals surface area contributed by atoms with Crippen molar-refractivity contribution in [2.24, 2.45) is 0 Å². The van der Waals surface area contributed by atoms with Crippen molar-refractivity contribution in [3.8, 4) is 0 Å². The molecule has 0 radical (unpaired) electrons. The van der Waals surface area contributed by atoms with Gasteiger partial charge in [0.15, 0.2) is 0 Å². The Labute approximate surface area is 172 Å². The molecule has 2 rings (SSSR count). The molecular formula is C9H11NNa2O8S2. The monoisotopic (exact) mass is 371 g/mol. The van der Waals surface area contributed by atoms with E-state index in [1.54, 1.807) is 0 Å². The number of carboxylic acid groups (broad SMARTS) is 1. The number of carbonyl (C=O) groups is 1. The van der Waals surface area contributed by atoms with Gasteiger partial charge in [-0.25, -0.2) is 21.6 Å². The van der Waals surface area contributed by atoms with Crippen LogP contribution < -0.4 is 59.1 Å². The number of aliphatic carboxylic acids is 1. The molecule has 2 aliphatic rings. The zero-order chi connectivity index (χ0) is 15.5. The second kappa shape index (κ2) is 7.38. The number of nitrogens with zero attached hydrogens (tertiary/aromatic N) is 1. The topological polar surface area (TPSA) is 155 Å². The normalized spacial score (nSPS) is 28.0. The maximum atomic E-state index is 11.3. The second-order valence-electron chi connectivity index (χ2n) is 4.76. The quantitative estimate of drug-likeness (QED) is 0.376. The molecule has 1 fully saturated rings. The third-order valence-electron chi connectivity index (χ3n) is 3.68. The van der Waals surface area contributed by atoms with Crippen molar-refractivity contribution in [1.29, 1.82) is 0 Å². The van der Waals surface area contributed by atoms with E-state index < -0.39 is 54.0 Å². The zero-order valence-corrected chi connectivity index (χ0v) is 17.8. The van der Waals surface area contributed by atoms with Crippen LogP contribution in [0.25, 0.3) is 0 Å². The van der Waals surface area contributed by atoms with Crippen molar-refractivity contribution in [3.05, 3.63) is 11.3 Å². The van der Waals surface area contributed by atoms with Gasteiger partial charge in [0.2, 0.25) is 0 Å². The Balaban J connectivity index is 0.00000220. The molecule has 9 nitrogen and oxygen atoms in total. The molecule has 2 heterocycles. The van der Waals surface area contributed by atoms with E-state index in [0.29, 0.717) is 0 Å². The van der Waals surface area contributed by atoms with Crippen LogP contribution in [0, 0.1) is 0 Å². The third kappa shape index (κ3) is 3.90. The summed E-state index contributed by atoms with van der Waals surface area (Å²) >= 11 is 0. The van der Waals surface area contributed by atoms with Gasteiger partial charge in [-0.1, -0.05) is 0 Å². The minimum absolute atomic E-state index is 0. The minimum Gasteiger partial charge on any atom is -0.748 e. The van der Waals surface area contributed by atoms with Gasteiger partial charge in [-0.15, -0.1) is 0 Å². The van der Waals surface area contributed by atoms with Gasteiger partial charge >= 0.3 is 65.1 Å². The Bertz CT molecular complexity index is 701. The summed E-state index contributed by atoms with van der Waals surface area (Å²) in [4.78, 5) is 12.3. The van der Waals surface area contributed by atoms with E-state index in [9.17, 15) is 30.7 Å². The van der Waals surface area contributed by atoms with E-state index in [0.717, 1.165) is 11.8 Å². The van der Waals surface area contributed by atoms with Crippen molar-refractivity contribution in [2.75, 3.05) is 6.54 Å². The number of rotatable bonds is 3. The van der Waals surface area contributed by atoms with Crippen LogP contribution in [0.2, 0.25) is 0 Å². The van der Waals surface area contributed by atoms with Gasteiger partial charge in [-0.2, -0.15) is 0 Å². The summed E-state index contributed by atoms with van der Waals surface area (Å²) in [5.74, 6) is -1.46. The Kier molecular flexibility index (Phi) is 7.66. The van der Waals surface area contributed by atoms with E-state index in [-0.39, 0.29) is 72.1 Å². The van der Waals surface area contributed by atoms with E-state index in [1.807, 2.05) is 0 Å². The van der Waals surface area contributed by atoms with Crippen molar-refractivity contribution in [3.63, 3.8) is 0 Å². The van der Waals surface area contributed by atoms with Gasteiger partial charge < -0.3 is 19.1 Å². The Hall–Kier alpha value is 0.830. The summed E-state index contributed by atoms with van der Waals surface area (Å²) in [5, 5.41) is 4.95. The molecule has 0 aromatic carbocycles. The van der Waals surface area contributed by atoms with Gasteiger partial charge in [-0.05, 0) is 18.9 Å². The minimum atomic E-state index is -5.17. The van der Waals surface area contributed by atoms with Crippen LogP contribution in [-0.4, -0.2) is 65.0 Å². The fourth-order valence-corrected chi connectivity index (χ4v) is 5.90. The summed E-state index contributed by atoms with van der Waals surface area (Å²) in [7, 11) is -10.2. The maximum absolute atomic E-state index is 11.3. The van der Waals surface area contributed by atoms with Crippen LogP contribution in [0.3, 0.4) is 0 Å². The van der Waals surface area contributed by atoms with Crippen molar-refractivity contribution < 1.29 is 95.0 Å². The molecule has 0 bridgehead atoms. The molecule has 1 N–H and O–H groups in total. The molecule has 3 unspecified atom stereocenters. The van der Waals surface area contributed by atoms with Crippen LogP contribution in [0.5, 0.6) is 0 Å². The summed E-state index contributed by atoms with van der Waals surface area (Å²) in [6.07, 6.45) is 0.141. The summed E-state index contributed by atoms with van der Waals surface area (Å²) < 4.78 is 67.8. The Morgan fingerprint density at radius 2 is 1.68 bits per heavy atom. The van der Waals surface area contributed by atoms with E-state index in [4.69, 9.17) is 5.11 Å². The fraction of sp³-hybridized carbons (Fsp3) is 0.667. The largest absolute Gasteiger partial charge is 1.00 e. The number of fused-ring (bicyclic) bond motifs is 1. The van der Waals surface area contributed by atoms with Crippen LogP contribution >= 0.6 is 0 Å². The van der Waals surface area contributed by atoms with E-state index in [1.165, 1.54) is 0 Å². The summed E-state index contributed by atoms with van der Waals surface area (Å²) in [5.41, 5.74) is -0.821. The first-order valence-electron chi connectivity index (χ1n) is 5.56. The van der Waals surface area contributed by atoms with Gasteiger partial charge in [-0.3, -0.25) is 0 Å². The molecule has 3 atom stereocenters. The standard InChI is InChI=1S/C9H13NO8S2.2Na/c1-4-6(9(11)12)10-3-2-5(10)8(20(16,17)18)7(4)19(13,14)15;;/h5,7-8H,2-3H2,1H3,(H,11,12)(H,13,14,15)(H,16,17,18);;/q;2*+1/p-2. The second-order valence-corrected chi connectivity index (χ2v) is 7.78. The number of carboxylic acids is 1. The fourth-order valence-electron chi connectivity index (χ4n) is 2.85. The van der Waals surface area contributed by atoms with Crippen LogP contribution in [0.4, 0.5) is 0 Å². The summed E-state index contributed by atoms with van der Waals surface area (Å²) in [6.45, 7) is 1.25. The van der Waals surface area contributed by atoms with Gasteiger partial charge in [0, 0.05) is 12.6 Å². The van der Waals surface area contributed by atoms with Gasteiger partial charge in [0.1, 0.15) is 25.9 Å². The average Bonchev–Trinajstić information content (AvgIpc) is 2.17. The van der Waals surface area contributed by atoms with Crippen LogP contribution in [0.15, 0.2) is 11.3 Å². The first-order chi connectivity index (χ1) is 8.96. The molecule has 1 saturated heterocycles. The van der Waals surface area contributed by atoms with Crippen molar-refractivity contribution in [2.45, 2.75) is 29.9 Å². The first-order valence-corrected chi connectivity index (χ1v) is 8.50. The SMILES string of the molecule is CC1=C(C(=O)O)N2CCC2C(S(=O)(=O)[O-])C1S(=O)(=O)[O-].[Na+].[Na+]. The smallest absolute Gasteiger partial charge is 0.748 e. The molecule has 0 saturated carbocycles. The molecule has 22 heavy (non-hydrogen) atoms. The Morgan fingerprint density at radius 3 is 1.95 bits per heavy atom. The molecule has 2 aliphatic heterocycles. The van der Waals surface area contributed by atoms with Gasteiger partial charge in [0.25, 0.3) is 0 Å². The van der Waals surface area contributed by atoms with E-state index >= 15 is 0 Å². The first kappa shape index (κ1) is 22.8. The predicted octanol–water partition coefficient (Wildman–Crippen LogP) is -7.73. The predicted molar refractivity (Wildman–Crippen MR) is 62.4 cm³/mol. The molecule has 0 aromatic heterocycles. The van der Waals surface area contributed by atoms with Gasteiger partial charge in [0.05, 0.1) is 10.5 Å². The average molecular weight is 371 g/mol. The molecule has 0 amide bonds. The van der Waals surface area contributed by atoms with Crippen molar-refractivity contribution >= 4 is 26.2 Å². The summed E-state index contributed by atoms with van der Waals surface area (Å²) in [6, 6.07) is -1.08. The maximum Gasteiger partial charge on any atom is 1.00 e. The Morgan fingerprint density at radius 1 is 1.18 bits per heavy atom.